The largest absolute Gasteiger partial charge is 0.192 e. The predicted octanol–water partition coefficient (Wildman–Crippen LogP) is 3.74. The van der Waals surface area contributed by atoms with Crippen molar-refractivity contribution in [2.24, 2.45) is 0 Å². The van der Waals surface area contributed by atoms with Gasteiger partial charge < -0.3 is 0 Å². The quantitative estimate of drug-likeness (QED) is 0.669. The summed E-state index contributed by atoms with van der Waals surface area (Å²) in [5.74, 6) is 0. The zero-order chi connectivity index (χ0) is 8.43. The van der Waals surface area contributed by atoms with Gasteiger partial charge in [-0.05, 0) is 44.0 Å². The Balaban J connectivity index is 3.40. The van der Waals surface area contributed by atoms with Crippen molar-refractivity contribution >= 4 is 43.5 Å². The second kappa shape index (κ2) is 3.57. The SMILES string of the molecule is N#Cc1ccc(Br)c(Br)c1Cl. The summed E-state index contributed by atoms with van der Waals surface area (Å²) in [6, 6.07) is 5.42. The van der Waals surface area contributed by atoms with E-state index in [1.54, 1.807) is 12.1 Å². The minimum absolute atomic E-state index is 0.446. The highest BCUT2D eigenvalue weighted by Gasteiger charge is 2.06. The molecule has 0 aliphatic heterocycles. The van der Waals surface area contributed by atoms with Gasteiger partial charge in [0.2, 0.25) is 0 Å². The third kappa shape index (κ3) is 1.76. The third-order valence-corrected chi connectivity index (χ3v) is 3.79. The fourth-order valence-electron chi connectivity index (χ4n) is 0.612. The van der Waals surface area contributed by atoms with Crippen LogP contribution in [0.4, 0.5) is 0 Å². The first kappa shape index (κ1) is 9.05. The lowest BCUT2D eigenvalue weighted by molar-refractivity contribution is 1.46. The molecule has 0 unspecified atom stereocenters. The van der Waals surface area contributed by atoms with E-state index < -0.39 is 0 Å². The highest BCUT2D eigenvalue weighted by atomic mass is 79.9. The van der Waals surface area contributed by atoms with E-state index in [4.69, 9.17) is 16.9 Å². The topological polar surface area (TPSA) is 23.8 Å². The number of halogens is 3. The van der Waals surface area contributed by atoms with Crippen LogP contribution in [0.2, 0.25) is 5.02 Å². The summed E-state index contributed by atoms with van der Waals surface area (Å²) in [6.45, 7) is 0. The lowest BCUT2D eigenvalue weighted by atomic mass is 10.2. The van der Waals surface area contributed by atoms with E-state index in [0.29, 0.717) is 10.6 Å². The summed E-state index contributed by atoms with van der Waals surface area (Å²) in [5.41, 5.74) is 0.474. The molecule has 0 saturated heterocycles. The summed E-state index contributed by atoms with van der Waals surface area (Å²) in [6.07, 6.45) is 0. The highest BCUT2D eigenvalue weighted by Crippen LogP contribution is 2.32. The Morgan fingerprint density at radius 2 is 2.00 bits per heavy atom. The zero-order valence-electron chi connectivity index (χ0n) is 5.24. The van der Waals surface area contributed by atoms with E-state index in [2.05, 4.69) is 31.9 Å². The first-order chi connectivity index (χ1) is 5.16. The molecule has 0 aromatic heterocycles. The molecule has 0 fully saturated rings. The summed E-state index contributed by atoms with van der Waals surface area (Å²) >= 11 is 12.3. The van der Waals surface area contributed by atoms with Crippen molar-refractivity contribution in [2.45, 2.75) is 0 Å². The third-order valence-electron chi connectivity index (χ3n) is 1.16. The van der Waals surface area contributed by atoms with Crippen molar-refractivity contribution in [3.63, 3.8) is 0 Å². The molecule has 0 saturated carbocycles. The monoisotopic (exact) mass is 293 g/mol. The predicted molar refractivity (Wildman–Crippen MR) is 51.6 cm³/mol. The lowest BCUT2D eigenvalue weighted by Gasteiger charge is -1.99. The lowest BCUT2D eigenvalue weighted by Crippen LogP contribution is -1.78. The van der Waals surface area contributed by atoms with Crippen molar-refractivity contribution in [1.29, 1.82) is 5.26 Å². The van der Waals surface area contributed by atoms with Gasteiger partial charge in [-0.3, -0.25) is 0 Å². The average molecular weight is 295 g/mol. The van der Waals surface area contributed by atoms with Crippen LogP contribution in [0.5, 0.6) is 0 Å². The highest BCUT2D eigenvalue weighted by molar-refractivity contribution is 9.13. The molecule has 0 aliphatic carbocycles. The van der Waals surface area contributed by atoms with Gasteiger partial charge in [0.05, 0.1) is 15.1 Å². The molecule has 0 heterocycles. The molecule has 1 aromatic rings. The van der Waals surface area contributed by atoms with E-state index in [-0.39, 0.29) is 0 Å². The van der Waals surface area contributed by atoms with Crippen molar-refractivity contribution < 1.29 is 0 Å². The number of nitrogens with zero attached hydrogens (tertiary/aromatic N) is 1. The number of rotatable bonds is 0. The maximum Gasteiger partial charge on any atom is 0.101 e. The van der Waals surface area contributed by atoms with Gasteiger partial charge in [-0.1, -0.05) is 11.6 Å². The van der Waals surface area contributed by atoms with Crippen LogP contribution in [0.15, 0.2) is 21.1 Å². The maximum atomic E-state index is 8.56. The molecule has 0 N–H and O–H groups in total. The molecule has 0 bridgehead atoms. The molecule has 0 spiro atoms. The molecule has 1 aromatic carbocycles. The van der Waals surface area contributed by atoms with E-state index >= 15 is 0 Å². The smallest absolute Gasteiger partial charge is 0.101 e. The molecule has 56 valence electrons. The van der Waals surface area contributed by atoms with Crippen molar-refractivity contribution in [2.75, 3.05) is 0 Å². The van der Waals surface area contributed by atoms with Crippen LogP contribution in [-0.2, 0) is 0 Å². The first-order valence-electron chi connectivity index (χ1n) is 2.70. The van der Waals surface area contributed by atoms with Crippen LogP contribution in [0.25, 0.3) is 0 Å². The molecular weight excluding hydrogens is 293 g/mol. The van der Waals surface area contributed by atoms with E-state index in [1.807, 2.05) is 6.07 Å². The Hall–Kier alpha value is -0.0400. The van der Waals surface area contributed by atoms with Crippen molar-refractivity contribution in [3.05, 3.63) is 31.7 Å². The van der Waals surface area contributed by atoms with Crippen molar-refractivity contribution in [3.8, 4) is 6.07 Å². The molecule has 1 rings (SSSR count). The Labute approximate surface area is 86.2 Å². The summed E-state index contributed by atoms with van der Waals surface area (Å²) in [7, 11) is 0. The molecule has 0 aliphatic rings. The maximum absolute atomic E-state index is 8.56. The number of hydrogen-bond acceptors (Lipinski definition) is 1. The van der Waals surface area contributed by atoms with Crippen LogP contribution >= 0.6 is 43.5 Å². The number of nitriles is 1. The van der Waals surface area contributed by atoms with Crippen LogP contribution in [-0.4, -0.2) is 0 Å². The Kier molecular flexibility index (Phi) is 2.94. The van der Waals surface area contributed by atoms with Gasteiger partial charge in [-0.25, -0.2) is 0 Å². The van der Waals surface area contributed by atoms with Gasteiger partial charge >= 0.3 is 0 Å². The summed E-state index contributed by atoms with van der Waals surface area (Å²) in [4.78, 5) is 0. The summed E-state index contributed by atoms with van der Waals surface area (Å²) < 4.78 is 1.57. The van der Waals surface area contributed by atoms with E-state index in [1.165, 1.54) is 0 Å². The molecule has 0 atom stereocenters. The van der Waals surface area contributed by atoms with Crippen LogP contribution in [0, 0.1) is 11.3 Å². The average Bonchev–Trinajstić information content (AvgIpc) is 2.01. The molecule has 11 heavy (non-hydrogen) atoms. The van der Waals surface area contributed by atoms with E-state index in [9.17, 15) is 0 Å². The van der Waals surface area contributed by atoms with Crippen molar-refractivity contribution in [1.82, 2.24) is 0 Å². The van der Waals surface area contributed by atoms with Gasteiger partial charge in [0.15, 0.2) is 0 Å². The Morgan fingerprint density at radius 3 is 2.55 bits per heavy atom. The first-order valence-corrected chi connectivity index (χ1v) is 4.67. The van der Waals surface area contributed by atoms with Crippen LogP contribution < -0.4 is 0 Å². The molecule has 0 radical (unpaired) electrons. The second-order valence-electron chi connectivity index (χ2n) is 1.83. The minimum atomic E-state index is 0.446. The van der Waals surface area contributed by atoms with Crippen LogP contribution in [0.3, 0.4) is 0 Å². The fourth-order valence-corrected chi connectivity index (χ4v) is 1.61. The minimum Gasteiger partial charge on any atom is -0.192 e. The fraction of sp³-hybridized carbons (Fsp3) is 0. The number of benzene rings is 1. The molecular formula is C7H2Br2ClN. The number of hydrogen-bond donors (Lipinski definition) is 0. The van der Waals surface area contributed by atoms with Gasteiger partial charge in [0, 0.05) is 4.47 Å². The Morgan fingerprint density at radius 1 is 1.36 bits per heavy atom. The summed E-state index contributed by atoms with van der Waals surface area (Å²) in [5, 5.41) is 9.01. The second-order valence-corrected chi connectivity index (χ2v) is 3.86. The van der Waals surface area contributed by atoms with Gasteiger partial charge in [0.25, 0.3) is 0 Å². The van der Waals surface area contributed by atoms with Gasteiger partial charge in [-0.2, -0.15) is 5.26 Å². The normalized spacial score (nSPS) is 9.27. The molecule has 0 amide bonds. The van der Waals surface area contributed by atoms with Crippen LogP contribution in [0.1, 0.15) is 5.56 Å². The molecule has 1 nitrogen and oxygen atoms in total. The molecule has 4 heteroatoms. The van der Waals surface area contributed by atoms with Gasteiger partial charge in [0.1, 0.15) is 6.07 Å². The zero-order valence-corrected chi connectivity index (χ0v) is 9.16. The van der Waals surface area contributed by atoms with E-state index in [0.717, 1.165) is 8.95 Å². The standard InChI is InChI=1S/C7H2Br2ClN/c8-5-2-1-4(3-11)7(10)6(5)9/h1-2H. The van der Waals surface area contributed by atoms with Gasteiger partial charge in [-0.15, -0.1) is 0 Å². The Bertz CT molecular complexity index is 330.